The van der Waals surface area contributed by atoms with Crippen molar-refractivity contribution in [2.45, 2.75) is 52.9 Å². The highest BCUT2D eigenvalue weighted by Gasteiger charge is 2.13. The van der Waals surface area contributed by atoms with E-state index in [0.717, 1.165) is 0 Å². The summed E-state index contributed by atoms with van der Waals surface area (Å²) in [5.74, 6) is 0.593. The van der Waals surface area contributed by atoms with Gasteiger partial charge in [-0.05, 0) is 78.1 Å². The van der Waals surface area contributed by atoms with Crippen molar-refractivity contribution in [3.8, 4) is 0 Å². The van der Waals surface area contributed by atoms with Crippen LogP contribution in [0.5, 0.6) is 0 Å². The van der Waals surface area contributed by atoms with Gasteiger partial charge in [0.05, 0.1) is 0 Å². The van der Waals surface area contributed by atoms with Crippen molar-refractivity contribution in [2.75, 3.05) is 0 Å². The normalized spacial score (nSPS) is 15.2. The van der Waals surface area contributed by atoms with Gasteiger partial charge in [0, 0.05) is 0 Å². The summed E-state index contributed by atoms with van der Waals surface area (Å²) in [6.07, 6.45) is 6.14. The Labute approximate surface area is 122 Å². The van der Waals surface area contributed by atoms with Crippen molar-refractivity contribution < 1.29 is 0 Å². The number of rotatable bonds is 1. The van der Waals surface area contributed by atoms with Crippen LogP contribution >= 0.6 is 0 Å². The molecule has 0 bridgehead atoms. The minimum Gasteiger partial charge on any atom is -0.0727 e. The molecule has 0 aliphatic heterocycles. The molecule has 20 heavy (non-hydrogen) atoms. The van der Waals surface area contributed by atoms with Gasteiger partial charge in [-0.3, -0.25) is 0 Å². The van der Waals surface area contributed by atoms with Crippen molar-refractivity contribution in [1.82, 2.24) is 0 Å². The zero-order chi connectivity index (χ0) is 14.3. The van der Waals surface area contributed by atoms with E-state index < -0.39 is 0 Å². The van der Waals surface area contributed by atoms with E-state index in [4.69, 9.17) is 0 Å². The van der Waals surface area contributed by atoms with Gasteiger partial charge in [-0.25, -0.2) is 0 Å². The van der Waals surface area contributed by atoms with E-state index in [1.54, 1.807) is 5.56 Å². The Kier molecular flexibility index (Phi) is 3.41. The van der Waals surface area contributed by atoms with Crippen molar-refractivity contribution in [3.63, 3.8) is 0 Å². The van der Waals surface area contributed by atoms with Gasteiger partial charge < -0.3 is 0 Å². The van der Waals surface area contributed by atoms with E-state index >= 15 is 0 Å². The van der Waals surface area contributed by atoms with Gasteiger partial charge in [-0.15, -0.1) is 0 Å². The molecule has 0 saturated carbocycles. The van der Waals surface area contributed by atoms with Crippen LogP contribution < -0.4 is 0 Å². The first-order valence-electron chi connectivity index (χ1n) is 7.79. The SMILES string of the molecule is CC1=Cc2cc3cc(C(C)C)ccc3c(C)c2CCC1. The van der Waals surface area contributed by atoms with Crippen molar-refractivity contribution in [2.24, 2.45) is 0 Å². The maximum absolute atomic E-state index is 2.40. The molecule has 0 radical (unpaired) electrons. The number of benzene rings is 2. The van der Waals surface area contributed by atoms with Crippen LogP contribution in [0.15, 0.2) is 29.8 Å². The Balaban J connectivity index is 2.27. The molecule has 0 saturated heterocycles. The molecule has 0 spiro atoms. The fraction of sp³-hybridized carbons (Fsp3) is 0.400. The van der Waals surface area contributed by atoms with E-state index in [1.807, 2.05) is 0 Å². The zero-order valence-electron chi connectivity index (χ0n) is 13.1. The Bertz CT molecular complexity index is 687. The largest absolute Gasteiger partial charge is 0.0727 e. The molecule has 0 aromatic heterocycles. The minimum atomic E-state index is 0.593. The second-order valence-electron chi connectivity index (χ2n) is 6.55. The molecule has 104 valence electrons. The summed E-state index contributed by atoms with van der Waals surface area (Å²) >= 11 is 0. The van der Waals surface area contributed by atoms with Gasteiger partial charge in [0.2, 0.25) is 0 Å². The fourth-order valence-corrected chi connectivity index (χ4v) is 3.38. The summed E-state index contributed by atoms with van der Waals surface area (Å²) in [5.41, 5.74) is 7.45. The number of fused-ring (bicyclic) bond motifs is 2. The molecule has 2 aromatic carbocycles. The minimum absolute atomic E-state index is 0.593. The smallest absolute Gasteiger partial charge is 0.0151 e. The standard InChI is InChI=1S/C20H24/c1-13(2)16-8-9-20-15(4)19-7-5-6-14(3)10-17(19)12-18(20)11-16/h8-13H,5-7H2,1-4H3. The molecule has 0 N–H and O–H groups in total. The summed E-state index contributed by atoms with van der Waals surface area (Å²) in [6, 6.07) is 9.39. The van der Waals surface area contributed by atoms with Crippen LogP contribution in [-0.4, -0.2) is 0 Å². The molecule has 1 aliphatic carbocycles. The molecular formula is C20H24. The molecule has 3 rings (SSSR count). The topological polar surface area (TPSA) is 0 Å². The lowest BCUT2D eigenvalue weighted by molar-refractivity contribution is 0.820. The van der Waals surface area contributed by atoms with Gasteiger partial charge in [-0.1, -0.05) is 43.7 Å². The van der Waals surface area contributed by atoms with Crippen LogP contribution in [0, 0.1) is 6.92 Å². The first kappa shape index (κ1) is 13.4. The monoisotopic (exact) mass is 264 g/mol. The second-order valence-corrected chi connectivity index (χ2v) is 6.55. The molecule has 2 aromatic rings. The third-order valence-corrected chi connectivity index (χ3v) is 4.66. The third kappa shape index (κ3) is 2.28. The van der Waals surface area contributed by atoms with Crippen LogP contribution in [0.3, 0.4) is 0 Å². The molecule has 0 fully saturated rings. The van der Waals surface area contributed by atoms with Gasteiger partial charge in [0.15, 0.2) is 0 Å². The summed E-state index contributed by atoms with van der Waals surface area (Å²) in [7, 11) is 0. The highest BCUT2D eigenvalue weighted by atomic mass is 14.2. The average molecular weight is 264 g/mol. The van der Waals surface area contributed by atoms with Gasteiger partial charge in [-0.2, -0.15) is 0 Å². The average Bonchev–Trinajstić information content (AvgIpc) is 2.59. The predicted molar refractivity (Wildman–Crippen MR) is 89.4 cm³/mol. The first-order valence-corrected chi connectivity index (χ1v) is 7.79. The Hall–Kier alpha value is -1.56. The number of aryl methyl sites for hydroxylation is 1. The summed E-state index contributed by atoms with van der Waals surface area (Å²) in [4.78, 5) is 0. The van der Waals surface area contributed by atoms with E-state index in [0.29, 0.717) is 5.92 Å². The highest BCUT2D eigenvalue weighted by molar-refractivity contribution is 5.90. The van der Waals surface area contributed by atoms with Gasteiger partial charge in [0.1, 0.15) is 0 Å². The third-order valence-electron chi connectivity index (χ3n) is 4.66. The van der Waals surface area contributed by atoms with E-state index in [2.05, 4.69) is 58.0 Å². The molecule has 0 atom stereocenters. The molecular weight excluding hydrogens is 240 g/mol. The van der Waals surface area contributed by atoms with Crippen LogP contribution in [-0.2, 0) is 6.42 Å². The van der Waals surface area contributed by atoms with Gasteiger partial charge in [0.25, 0.3) is 0 Å². The summed E-state index contributed by atoms with van der Waals surface area (Å²) in [6.45, 7) is 9.09. The molecule has 1 aliphatic rings. The Morgan fingerprint density at radius 2 is 1.80 bits per heavy atom. The lowest BCUT2D eigenvalue weighted by Crippen LogP contribution is -1.95. The van der Waals surface area contributed by atoms with Gasteiger partial charge >= 0.3 is 0 Å². The summed E-state index contributed by atoms with van der Waals surface area (Å²) in [5, 5.41) is 2.83. The van der Waals surface area contributed by atoms with Crippen molar-refractivity contribution in [3.05, 3.63) is 52.1 Å². The predicted octanol–water partition coefficient (Wildman–Crippen LogP) is 6.01. The number of hydrogen-bond donors (Lipinski definition) is 0. The second kappa shape index (κ2) is 5.09. The van der Waals surface area contributed by atoms with Crippen LogP contribution in [0.25, 0.3) is 16.8 Å². The van der Waals surface area contributed by atoms with Crippen molar-refractivity contribution >= 4 is 16.8 Å². The summed E-state index contributed by atoms with van der Waals surface area (Å²) < 4.78 is 0. The number of allylic oxidation sites excluding steroid dienone is 1. The zero-order valence-corrected chi connectivity index (χ0v) is 13.1. The molecule has 0 heteroatoms. The lowest BCUT2D eigenvalue weighted by Gasteiger charge is -2.14. The van der Waals surface area contributed by atoms with E-state index in [9.17, 15) is 0 Å². The number of hydrogen-bond acceptors (Lipinski definition) is 0. The first-order chi connectivity index (χ1) is 9.56. The molecule has 0 amide bonds. The van der Waals surface area contributed by atoms with Crippen LogP contribution in [0.1, 0.15) is 61.8 Å². The maximum Gasteiger partial charge on any atom is -0.0151 e. The highest BCUT2D eigenvalue weighted by Crippen LogP contribution is 2.32. The lowest BCUT2D eigenvalue weighted by atomic mass is 9.90. The van der Waals surface area contributed by atoms with E-state index in [-0.39, 0.29) is 0 Å². The molecule has 0 heterocycles. The van der Waals surface area contributed by atoms with Crippen LogP contribution in [0.4, 0.5) is 0 Å². The Morgan fingerprint density at radius 3 is 2.55 bits per heavy atom. The van der Waals surface area contributed by atoms with Crippen LogP contribution in [0.2, 0.25) is 0 Å². The van der Waals surface area contributed by atoms with E-state index in [1.165, 1.54) is 52.3 Å². The Morgan fingerprint density at radius 1 is 1.00 bits per heavy atom. The molecule has 0 nitrogen and oxygen atoms in total. The fourth-order valence-electron chi connectivity index (χ4n) is 3.38. The van der Waals surface area contributed by atoms with Crippen molar-refractivity contribution in [1.29, 1.82) is 0 Å². The maximum atomic E-state index is 2.40. The molecule has 0 unspecified atom stereocenters. The quantitative estimate of drug-likeness (QED) is 0.591.